The fourth-order valence-electron chi connectivity index (χ4n) is 3.26. The van der Waals surface area contributed by atoms with Crippen LogP contribution in [0.3, 0.4) is 0 Å². The minimum absolute atomic E-state index is 0.0438. The summed E-state index contributed by atoms with van der Waals surface area (Å²) >= 11 is 0. The average molecular weight is 329 g/mol. The number of nitrogens with one attached hydrogen (secondary N) is 1. The number of ether oxygens (including phenoxy) is 1. The summed E-state index contributed by atoms with van der Waals surface area (Å²) in [6.07, 6.45) is 2.95. The van der Waals surface area contributed by atoms with Crippen LogP contribution in [0.5, 0.6) is 5.75 Å². The van der Waals surface area contributed by atoms with E-state index in [0.717, 1.165) is 37.3 Å². The molecule has 126 valence electrons. The minimum atomic E-state index is -0.332. The zero-order chi connectivity index (χ0) is 16.7. The maximum atomic E-state index is 14.3. The number of hydrogen-bond acceptors (Lipinski definition) is 4. The van der Waals surface area contributed by atoms with Crippen molar-refractivity contribution in [1.29, 1.82) is 0 Å². The van der Waals surface area contributed by atoms with E-state index in [-0.39, 0.29) is 17.1 Å². The van der Waals surface area contributed by atoms with Crippen LogP contribution in [0.2, 0.25) is 0 Å². The van der Waals surface area contributed by atoms with Gasteiger partial charge < -0.3 is 9.72 Å². The van der Waals surface area contributed by atoms with Gasteiger partial charge >= 0.3 is 0 Å². The molecule has 1 saturated carbocycles. The Balaban J connectivity index is 1.55. The largest absolute Gasteiger partial charge is 0.494 e. The Morgan fingerprint density at radius 2 is 2.25 bits per heavy atom. The van der Waals surface area contributed by atoms with Gasteiger partial charge in [0.2, 0.25) is 0 Å². The van der Waals surface area contributed by atoms with Gasteiger partial charge in [0, 0.05) is 37.5 Å². The van der Waals surface area contributed by atoms with Crippen molar-refractivity contribution in [2.75, 3.05) is 13.7 Å². The maximum absolute atomic E-state index is 14.3. The monoisotopic (exact) mass is 329 g/mol. The maximum Gasteiger partial charge on any atom is 0.255 e. The fourth-order valence-corrected chi connectivity index (χ4v) is 3.26. The normalized spacial score (nSPS) is 17.6. The van der Waals surface area contributed by atoms with Crippen LogP contribution in [0.25, 0.3) is 0 Å². The van der Waals surface area contributed by atoms with Crippen LogP contribution in [-0.4, -0.2) is 28.5 Å². The molecule has 6 heteroatoms. The molecule has 0 unspecified atom stereocenters. The number of hydrogen-bond donors (Lipinski definition) is 1. The lowest BCUT2D eigenvalue weighted by atomic mass is 10.1. The quantitative estimate of drug-likeness (QED) is 0.935. The van der Waals surface area contributed by atoms with Crippen LogP contribution in [0, 0.1) is 5.82 Å². The Bertz CT molecular complexity index is 829. The van der Waals surface area contributed by atoms with E-state index in [1.54, 1.807) is 18.2 Å². The second kappa shape index (κ2) is 6.02. The van der Waals surface area contributed by atoms with Crippen LogP contribution in [0.1, 0.15) is 41.4 Å². The number of aromatic nitrogens is 2. The van der Waals surface area contributed by atoms with Crippen molar-refractivity contribution in [2.24, 2.45) is 0 Å². The van der Waals surface area contributed by atoms with Crippen molar-refractivity contribution >= 4 is 0 Å². The van der Waals surface area contributed by atoms with Crippen LogP contribution in [0.15, 0.2) is 23.0 Å². The van der Waals surface area contributed by atoms with E-state index in [1.165, 1.54) is 7.11 Å². The molecule has 4 rings (SSSR count). The molecule has 2 aliphatic rings. The van der Waals surface area contributed by atoms with E-state index in [1.807, 2.05) is 0 Å². The molecular weight excluding hydrogens is 309 g/mol. The van der Waals surface area contributed by atoms with Gasteiger partial charge in [-0.15, -0.1) is 0 Å². The van der Waals surface area contributed by atoms with Crippen LogP contribution in [0.4, 0.5) is 4.39 Å². The van der Waals surface area contributed by atoms with Gasteiger partial charge in [-0.3, -0.25) is 9.69 Å². The lowest BCUT2D eigenvalue weighted by Gasteiger charge is -2.28. The molecule has 1 N–H and O–H groups in total. The first-order valence-electron chi connectivity index (χ1n) is 8.31. The van der Waals surface area contributed by atoms with Gasteiger partial charge in [0.05, 0.1) is 18.4 Å². The van der Waals surface area contributed by atoms with Gasteiger partial charge in [-0.25, -0.2) is 9.37 Å². The van der Waals surface area contributed by atoms with Crippen molar-refractivity contribution in [3.63, 3.8) is 0 Å². The molecular formula is C18H20FN3O2. The fraction of sp³-hybridized carbons (Fsp3) is 0.444. The first-order chi connectivity index (χ1) is 11.7. The predicted molar refractivity (Wildman–Crippen MR) is 87.6 cm³/mol. The molecule has 24 heavy (non-hydrogen) atoms. The Hall–Kier alpha value is -2.21. The third-order valence-electron chi connectivity index (χ3n) is 4.79. The number of nitrogens with zero attached hydrogens (tertiary/aromatic N) is 2. The highest BCUT2D eigenvalue weighted by Gasteiger charge is 2.29. The van der Waals surface area contributed by atoms with E-state index in [4.69, 9.17) is 4.74 Å². The van der Waals surface area contributed by atoms with Crippen molar-refractivity contribution in [3.05, 3.63) is 57.0 Å². The highest BCUT2D eigenvalue weighted by atomic mass is 19.1. The number of halogens is 1. The van der Waals surface area contributed by atoms with Crippen molar-refractivity contribution in [3.8, 4) is 5.75 Å². The molecule has 1 aliphatic carbocycles. The van der Waals surface area contributed by atoms with Crippen molar-refractivity contribution < 1.29 is 9.13 Å². The zero-order valence-electron chi connectivity index (χ0n) is 13.6. The first kappa shape index (κ1) is 15.3. The Labute approximate surface area is 139 Å². The molecule has 1 aromatic heterocycles. The highest BCUT2D eigenvalue weighted by molar-refractivity contribution is 5.31. The molecule has 5 nitrogen and oxygen atoms in total. The minimum Gasteiger partial charge on any atom is -0.494 e. The first-order valence-corrected chi connectivity index (χ1v) is 8.31. The molecule has 1 fully saturated rings. The zero-order valence-corrected chi connectivity index (χ0v) is 13.6. The second-order valence-corrected chi connectivity index (χ2v) is 6.54. The van der Waals surface area contributed by atoms with Gasteiger partial charge in [-0.1, -0.05) is 12.1 Å². The summed E-state index contributed by atoms with van der Waals surface area (Å²) in [5.74, 6) is 1.19. The molecule has 1 aromatic carbocycles. The molecule has 0 amide bonds. The predicted octanol–water partition coefficient (Wildman–Crippen LogP) is 2.35. The topological polar surface area (TPSA) is 58.2 Å². The molecule has 0 atom stereocenters. The Kier molecular flexibility index (Phi) is 3.84. The van der Waals surface area contributed by atoms with Crippen LogP contribution < -0.4 is 10.3 Å². The summed E-state index contributed by atoms with van der Waals surface area (Å²) in [5.41, 5.74) is 2.16. The second-order valence-electron chi connectivity index (χ2n) is 6.54. The smallest absolute Gasteiger partial charge is 0.255 e. The van der Waals surface area contributed by atoms with Crippen LogP contribution >= 0.6 is 0 Å². The van der Waals surface area contributed by atoms with E-state index >= 15 is 0 Å². The molecule has 0 radical (unpaired) electrons. The van der Waals surface area contributed by atoms with Crippen LogP contribution in [-0.2, 0) is 19.5 Å². The number of fused-ring (bicyclic) bond motifs is 1. The summed E-state index contributed by atoms with van der Waals surface area (Å²) in [6.45, 7) is 1.72. The summed E-state index contributed by atoms with van der Waals surface area (Å²) < 4.78 is 19.4. The van der Waals surface area contributed by atoms with E-state index in [2.05, 4.69) is 14.9 Å². The summed E-state index contributed by atoms with van der Waals surface area (Å²) in [6, 6.07) is 5.15. The molecule has 0 bridgehead atoms. The van der Waals surface area contributed by atoms with Gasteiger partial charge in [-0.05, 0) is 18.9 Å². The molecule has 1 aliphatic heterocycles. The SMILES string of the molecule is COc1cccc(CN2CCc3nc(C4CC4)[nH]c(=O)c3C2)c1F. The number of aromatic amines is 1. The molecule has 2 aromatic rings. The van der Waals surface area contributed by atoms with Crippen molar-refractivity contribution in [1.82, 2.24) is 14.9 Å². The Morgan fingerprint density at radius 3 is 3.00 bits per heavy atom. The lowest BCUT2D eigenvalue weighted by Crippen LogP contribution is -2.36. The number of rotatable bonds is 4. The number of H-pyrrole nitrogens is 1. The number of benzene rings is 1. The van der Waals surface area contributed by atoms with E-state index in [0.29, 0.717) is 30.1 Å². The third kappa shape index (κ3) is 2.82. The summed E-state index contributed by atoms with van der Waals surface area (Å²) in [4.78, 5) is 22.0. The van der Waals surface area contributed by atoms with Crippen molar-refractivity contribution in [2.45, 2.75) is 38.3 Å². The standard InChI is InChI=1S/C18H20FN3O2/c1-24-15-4-2-3-12(16(15)19)9-22-8-7-14-13(10-22)18(23)21-17(20-14)11-5-6-11/h2-4,11H,5-10H2,1H3,(H,20,21,23). The van der Waals surface area contributed by atoms with Gasteiger partial charge in [-0.2, -0.15) is 0 Å². The van der Waals surface area contributed by atoms with E-state index in [9.17, 15) is 9.18 Å². The lowest BCUT2D eigenvalue weighted by molar-refractivity contribution is 0.237. The summed E-state index contributed by atoms with van der Waals surface area (Å²) in [7, 11) is 1.46. The highest BCUT2D eigenvalue weighted by Crippen LogP contribution is 2.37. The Morgan fingerprint density at radius 1 is 1.42 bits per heavy atom. The van der Waals surface area contributed by atoms with Gasteiger partial charge in [0.15, 0.2) is 11.6 Å². The van der Waals surface area contributed by atoms with Gasteiger partial charge in [0.1, 0.15) is 5.82 Å². The molecule has 0 spiro atoms. The van der Waals surface area contributed by atoms with Gasteiger partial charge in [0.25, 0.3) is 5.56 Å². The number of methoxy groups -OCH3 is 1. The van der Waals surface area contributed by atoms with E-state index < -0.39 is 0 Å². The summed E-state index contributed by atoms with van der Waals surface area (Å²) in [5, 5.41) is 0. The average Bonchev–Trinajstić information content (AvgIpc) is 3.42. The molecule has 2 heterocycles. The third-order valence-corrected chi connectivity index (χ3v) is 4.79. The molecule has 0 saturated heterocycles.